The second-order valence-electron chi connectivity index (χ2n) is 5.16. The molecule has 2 rings (SSSR count). The summed E-state index contributed by atoms with van der Waals surface area (Å²) in [7, 11) is 0. The van der Waals surface area contributed by atoms with Crippen LogP contribution in [0.25, 0.3) is 11.5 Å². The summed E-state index contributed by atoms with van der Waals surface area (Å²) in [5.41, 5.74) is 0.873. The quantitative estimate of drug-likeness (QED) is 0.844. The van der Waals surface area contributed by atoms with Gasteiger partial charge in [-0.05, 0) is 45.0 Å². The summed E-state index contributed by atoms with van der Waals surface area (Å²) in [5.74, 6) is 1.96. The second kappa shape index (κ2) is 7.22. The zero-order chi connectivity index (χ0) is 15.2. The van der Waals surface area contributed by atoms with Crippen LogP contribution in [0.5, 0.6) is 5.75 Å². The zero-order valence-electron chi connectivity index (χ0n) is 13.1. The first-order chi connectivity index (χ1) is 10.1. The second-order valence-corrected chi connectivity index (χ2v) is 5.16. The van der Waals surface area contributed by atoms with E-state index >= 15 is 0 Å². The van der Waals surface area contributed by atoms with Crippen molar-refractivity contribution in [1.29, 1.82) is 0 Å². The Kier molecular flexibility index (Phi) is 5.33. The van der Waals surface area contributed by atoms with Gasteiger partial charge in [0.2, 0.25) is 11.8 Å². The van der Waals surface area contributed by atoms with Crippen LogP contribution in [-0.2, 0) is 0 Å². The van der Waals surface area contributed by atoms with Gasteiger partial charge in [0.1, 0.15) is 5.75 Å². The van der Waals surface area contributed by atoms with Gasteiger partial charge in [0.05, 0.1) is 12.1 Å². The zero-order valence-corrected chi connectivity index (χ0v) is 13.1. The van der Waals surface area contributed by atoms with Gasteiger partial charge in [-0.3, -0.25) is 0 Å². The van der Waals surface area contributed by atoms with Gasteiger partial charge in [-0.2, -0.15) is 0 Å². The molecule has 5 heteroatoms. The van der Waals surface area contributed by atoms with Crippen LogP contribution in [0.1, 0.15) is 46.0 Å². The number of hydrogen-bond acceptors (Lipinski definition) is 5. The molecule has 114 valence electrons. The van der Waals surface area contributed by atoms with Gasteiger partial charge >= 0.3 is 0 Å². The molecule has 1 atom stereocenters. The molecule has 0 aliphatic rings. The topological polar surface area (TPSA) is 60.2 Å². The Labute approximate surface area is 125 Å². The highest BCUT2D eigenvalue weighted by molar-refractivity contribution is 5.55. The lowest BCUT2D eigenvalue weighted by molar-refractivity contribution is 0.242. The van der Waals surface area contributed by atoms with Crippen molar-refractivity contribution in [3.63, 3.8) is 0 Å². The molecule has 0 aliphatic carbocycles. The first-order valence-corrected chi connectivity index (χ1v) is 7.47. The maximum Gasteiger partial charge on any atom is 0.247 e. The number of nitrogens with zero attached hydrogens (tertiary/aromatic N) is 2. The van der Waals surface area contributed by atoms with Crippen LogP contribution in [0.2, 0.25) is 0 Å². The van der Waals surface area contributed by atoms with Crippen molar-refractivity contribution in [1.82, 2.24) is 15.5 Å². The molecule has 0 fully saturated rings. The Bertz CT molecular complexity index is 566. The maximum atomic E-state index is 5.79. The summed E-state index contributed by atoms with van der Waals surface area (Å²) >= 11 is 0. The van der Waals surface area contributed by atoms with Crippen molar-refractivity contribution >= 4 is 0 Å². The van der Waals surface area contributed by atoms with E-state index < -0.39 is 0 Å². The molecule has 0 saturated carbocycles. The Morgan fingerprint density at radius 2 is 2.05 bits per heavy atom. The van der Waals surface area contributed by atoms with E-state index in [1.165, 1.54) is 0 Å². The van der Waals surface area contributed by atoms with Crippen molar-refractivity contribution in [3.05, 3.63) is 30.2 Å². The number of rotatable bonds is 7. The summed E-state index contributed by atoms with van der Waals surface area (Å²) in [6.45, 7) is 9.02. The molecule has 0 amide bonds. The van der Waals surface area contributed by atoms with E-state index in [9.17, 15) is 0 Å². The van der Waals surface area contributed by atoms with Crippen molar-refractivity contribution in [2.75, 3.05) is 6.54 Å². The summed E-state index contributed by atoms with van der Waals surface area (Å²) in [5, 5.41) is 11.6. The van der Waals surface area contributed by atoms with E-state index in [0.717, 1.165) is 24.3 Å². The largest absolute Gasteiger partial charge is 0.491 e. The average Bonchev–Trinajstić information content (AvgIpc) is 2.94. The first-order valence-electron chi connectivity index (χ1n) is 7.47. The van der Waals surface area contributed by atoms with Crippen LogP contribution in [0.15, 0.2) is 28.7 Å². The monoisotopic (exact) mass is 289 g/mol. The highest BCUT2D eigenvalue weighted by Gasteiger charge is 2.16. The third-order valence-corrected chi connectivity index (χ3v) is 3.05. The van der Waals surface area contributed by atoms with Gasteiger partial charge < -0.3 is 14.5 Å². The maximum absolute atomic E-state index is 5.79. The number of benzene rings is 1. The predicted octanol–water partition coefficient (Wildman–Crippen LogP) is 3.58. The van der Waals surface area contributed by atoms with Gasteiger partial charge in [-0.15, -0.1) is 10.2 Å². The molecule has 0 bridgehead atoms. The van der Waals surface area contributed by atoms with Crippen molar-refractivity contribution < 1.29 is 9.15 Å². The summed E-state index contributed by atoms with van der Waals surface area (Å²) in [6.07, 6.45) is 1.04. The third kappa shape index (κ3) is 4.04. The standard InChI is InChI=1S/C16H23N3O2/c1-5-14(17-6-2)16-19-18-15(21-16)12-8-7-9-13(10-12)20-11(3)4/h7-11,14,17H,5-6H2,1-4H3. The van der Waals surface area contributed by atoms with Gasteiger partial charge in [0, 0.05) is 5.56 Å². The van der Waals surface area contributed by atoms with Crippen LogP contribution in [0.3, 0.4) is 0 Å². The van der Waals surface area contributed by atoms with Gasteiger partial charge in [0.25, 0.3) is 0 Å². The molecule has 0 aliphatic heterocycles. The van der Waals surface area contributed by atoms with E-state index in [2.05, 4.69) is 29.4 Å². The summed E-state index contributed by atoms with van der Waals surface area (Å²) < 4.78 is 11.5. The average molecular weight is 289 g/mol. The molecule has 5 nitrogen and oxygen atoms in total. The Balaban J connectivity index is 2.20. The first kappa shape index (κ1) is 15.5. The normalized spacial score (nSPS) is 12.6. The van der Waals surface area contributed by atoms with E-state index in [4.69, 9.17) is 9.15 Å². The fourth-order valence-corrected chi connectivity index (χ4v) is 2.12. The molecule has 1 unspecified atom stereocenters. The van der Waals surface area contributed by atoms with E-state index in [1.54, 1.807) is 0 Å². The Morgan fingerprint density at radius 1 is 1.24 bits per heavy atom. The molecule has 0 radical (unpaired) electrons. The molecular weight excluding hydrogens is 266 g/mol. The SMILES string of the molecule is CCNC(CC)c1nnc(-c2cccc(OC(C)C)c2)o1. The molecule has 21 heavy (non-hydrogen) atoms. The minimum Gasteiger partial charge on any atom is -0.491 e. The number of aromatic nitrogens is 2. The molecule has 1 aromatic heterocycles. The van der Waals surface area contributed by atoms with Gasteiger partial charge in [0.15, 0.2) is 0 Å². The minimum atomic E-state index is 0.103. The number of nitrogens with one attached hydrogen (secondary N) is 1. The molecule has 0 spiro atoms. The number of hydrogen-bond donors (Lipinski definition) is 1. The van der Waals surface area contributed by atoms with Crippen LogP contribution in [-0.4, -0.2) is 22.8 Å². The molecule has 2 aromatic rings. The van der Waals surface area contributed by atoms with E-state index in [1.807, 2.05) is 38.1 Å². The van der Waals surface area contributed by atoms with Crippen LogP contribution in [0.4, 0.5) is 0 Å². The van der Waals surface area contributed by atoms with E-state index in [-0.39, 0.29) is 12.1 Å². The molecular formula is C16H23N3O2. The van der Waals surface area contributed by atoms with Gasteiger partial charge in [-0.25, -0.2) is 0 Å². The number of ether oxygens (including phenoxy) is 1. The highest BCUT2D eigenvalue weighted by atomic mass is 16.5. The lowest BCUT2D eigenvalue weighted by Gasteiger charge is -2.10. The third-order valence-electron chi connectivity index (χ3n) is 3.05. The predicted molar refractivity (Wildman–Crippen MR) is 82.2 cm³/mol. The Hall–Kier alpha value is -1.88. The minimum absolute atomic E-state index is 0.103. The van der Waals surface area contributed by atoms with Crippen molar-refractivity contribution in [2.45, 2.75) is 46.3 Å². The molecule has 1 heterocycles. The highest BCUT2D eigenvalue weighted by Crippen LogP contribution is 2.25. The van der Waals surface area contributed by atoms with Crippen molar-refractivity contribution in [3.8, 4) is 17.2 Å². The molecule has 0 saturated heterocycles. The lowest BCUT2D eigenvalue weighted by Crippen LogP contribution is -2.20. The van der Waals surface area contributed by atoms with Crippen LogP contribution >= 0.6 is 0 Å². The Morgan fingerprint density at radius 3 is 2.71 bits per heavy atom. The summed E-state index contributed by atoms with van der Waals surface area (Å²) in [4.78, 5) is 0. The van der Waals surface area contributed by atoms with Crippen molar-refractivity contribution in [2.24, 2.45) is 0 Å². The van der Waals surface area contributed by atoms with Gasteiger partial charge in [-0.1, -0.05) is 19.9 Å². The van der Waals surface area contributed by atoms with Crippen LogP contribution < -0.4 is 10.1 Å². The fourth-order valence-electron chi connectivity index (χ4n) is 2.12. The smallest absolute Gasteiger partial charge is 0.247 e. The summed E-state index contributed by atoms with van der Waals surface area (Å²) in [6, 6.07) is 7.82. The van der Waals surface area contributed by atoms with Crippen LogP contribution in [0, 0.1) is 0 Å². The fraction of sp³-hybridized carbons (Fsp3) is 0.500. The van der Waals surface area contributed by atoms with E-state index in [0.29, 0.717) is 11.8 Å². The molecule has 1 aromatic carbocycles. The molecule has 1 N–H and O–H groups in total. The lowest BCUT2D eigenvalue weighted by atomic mass is 10.2.